The van der Waals surface area contributed by atoms with Crippen LogP contribution in [0.25, 0.3) is 0 Å². The van der Waals surface area contributed by atoms with Crippen molar-refractivity contribution in [1.82, 2.24) is 9.21 Å². The van der Waals surface area contributed by atoms with Gasteiger partial charge in [0.05, 0.1) is 13.7 Å². The molecular formula is C17H28N2O4S. The molecule has 1 aromatic rings. The first-order valence-corrected chi connectivity index (χ1v) is 9.64. The van der Waals surface area contributed by atoms with Gasteiger partial charge < -0.3 is 14.4 Å². The van der Waals surface area contributed by atoms with Gasteiger partial charge in [-0.05, 0) is 43.5 Å². The predicted octanol–water partition coefficient (Wildman–Crippen LogP) is 1.59. The molecule has 2 rings (SSSR count). The summed E-state index contributed by atoms with van der Waals surface area (Å²) in [6.45, 7) is 5.94. The molecule has 0 bridgehead atoms. The van der Waals surface area contributed by atoms with E-state index in [1.54, 1.807) is 32.4 Å². The summed E-state index contributed by atoms with van der Waals surface area (Å²) >= 11 is 0. The molecule has 0 aliphatic carbocycles. The Hall–Kier alpha value is -1.15. The fourth-order valence-electron chi connectivity index (χ4n) is 3.10. The van der Waals surface area contributed by atoms with Crippen molar-refractivity contribution in [2.75, 3.05) is 54.1 Å². The number of rotatable bonds is 8. The van der Waals surface area contributed by atoms with E-state index in [1.165, 1.54) is 11.4 Å². The van der Waals surface area contributed by atoms with Crippen molar-refractivity contribution in [2.45, 2.75) is 18.2 Å². The number of nitrogens with zero attached hydrogens (tertiary/aromatic N) is 2. The zero-order chi connectivity index (χ0) is 17.7. The van der Waals surface area contributed by atoms with E-state index >= 15 is 0 Å². The number of likely N-dealkylation sites (tertiary alicyclic amines) is 1. The van der Waals surface area contributed by atoms with Gasteiger partial charge >= 0.3 is 0 Å². The Bertz CT molecular complexity index is 648. The summed E-state index contributed by atoms with van der Waals surface area (Å²) in [6.07, 6.45) is 1.01. The van der Waals surface area contributed by atoms with E-state index in [9.17, 15) is 8.42 Å². The van der Waals surface area contributed by atoms with Crippen molar-refractivity contribution >= 4 is 10.0 Å². The zero-order valence-corrected chi connectivity index (χ0v) is 15.8. The van der Waals surface area contributed by atoms with Crippen molar-refractivity contribution in [3.8, 4) is 5.75 Å². The second-order valence-corrected chi connectivity index (χ2v) is 8.40. The highest BCUT2D eigenvalue weighted by atomic mass is 32.2. The van der Waals surface area contributed by atoms with E-state index in [-0.39, 0.29) is 4.90 Å². The molecular weight excluding hydrogens is 328 g/mol. The van der Waals surface area contributed by atoms with Gasteiger partial charge in [0.15, 0.2) is 0 Å². The molecule has 1 aromatic carbocycles. The Kier molecular flexibility index (Phi) is 6.62. The number of ether oxygens (including phenoxy) is 2. The molecule has 6 nitrogen and oxygen atoms in total. The van der Waals surface area contributed by atoms with Gasteiger partial charge in [0, 0.05) is 33.8 Å². The highest BCUT2D eigenvalue weighted by Gasteiger charge is 2.30. The zero-order valence-electron chi connectivity index (χ0n) is 15.0. The van der Waals surface area contributed by atoms with E-state index in [2.05, 4.69) is 4.90 Å². The highest BCUT2D eigenvalue weighted by Crippen LogP contribution is 2.28. The number of sulfonamides is 1. The van der Waals surface area contributed by atoms with Gasteiger partial charge in [-0.3, -0.25) is 0 Å². The van der Waals surface area contributed by atoms with Crippen LogP contribution >= 0.6 is 0 Å². The quantitative estimate of drug-likeness (QED) is 0.708. The minimum atomic E-state index is -3.56. The monoisotopic (exact) mass is 356 g/mol. The topological polar surface area (TPSA) is 59.1 Å². The maximum atomic E-state index is 12.9. The van der Waals surface area contributed by atoms with Crippen LogP contribution in [0.15, 0.2) is 23.1 Å². The first kappa shape index (κ1) is 19.2. The fraction of sp³-hybridized carbons (Fsp3) is 0.647. The van der Waals surface area contributed by atoms with Crippen LogP contribution in [0, 0.1) is 12.8 Å². The summed E-state index contributed by atoms with van der Waals surface area (Å²) in [5, 5.41) is 0. The standard InChI is InChI=1S/C17H28N2O4S/c1-14-5-6-17(16(11-14)23-4)24(20,21)18(2)12-15-7-8-19(13-15)9-10-22-3/h5-6,11,15H,7-10,12-13H2,1-4H3. The lowest BCUT2D eigenvalue weighted by Crippen LogP contribution is -2.33. The molecule has 0 aromatic heterocycles. The Balaban J connectivity index is 2.05. The summed E-state index contributed by atoms with van der Waals surface area (Å²) < 4.78 is 37.6. The SMILES string of the molecule is COCCN1CCC(CN(C)S(=O)(=O)c2ccc(C)cc2OC)C1. The van der Waals surface area contributed by atoms with Crippen LogP contribution in [0.3, 0.4) is 0 Å². The lowest BCUT2D eigenvalue weighted by atomic mass is 10.1. The van der Waals surface area contributed by atoms with Crippen LogP contribution in [0.1, 0.15) is 12.0 Å². The fourth-order valence-corrected chi connectivity index (χ4v) is 4.48. The average molecular weight is 356 g/mol. The van der Waals surface area contributed by atoms with Gasteiger partial charge in [-0.15, -0.1) is 0 Å². The molecule has 1 fully saturated rings. The Labute approximate surface area is 145 Å². The lowest BCUT2D eigenvalue weighted by Gasteiger charge is -2.22. The number of hydrogen-bond donors (Lipinski definition) is 0. The summed E-state index contributed by atoms with van der Waals surface area (Å²) in [6, 6.07) is 5.17. The van der Waals surface area contributed by atoms with E-state index in [1.807, 2.05) is 6.92 Å². The molecule has 0 amide bonds. The van der Waals surface area contributed by atoms with E-state index in [0.717, 1.165) is 31.6 Å². The van der Waals surface area contributed by atoms with Crippen molar-refractivity contribution in [3.63, 3.8) is 0 Å². The van der Waals surface area contributed by atoms with Crippen LogP contribution in [0.4, 0.5) is 0 Å². The predicted molar refractivity (Wildman–Crippen MR) is 94.0 cm³/mol. The molecule has 24 heavy (non-hydrogen) atoms. The van der Waals surface area contributed by atoms with Gasteiger partial charge in [0.2, 0.25) is 10.0 Å². The van der Waals surface area contributed by atoms with Crippen LogP contribution in [-0.2, 0) is 14.8 Å². The van der Waals surface area contributed by atoms with Crippen molar-refractivity contribution in [2.24, 2.45) is 5.92 Å². The minimum absolute atomic E-state index is 0.229. The van der Waals surface area contributed by atoms with Gasteiger partial charge in [0.1, 0.15) is 10.6 Å². The molecule has 0 radical (unpaired) electrons. The molecule has 0 saturated carbocycles. The van der Waals surface area contributed by atoms with E-state index < -0.39 is 10.0 Å². The van der Waals surface area contributed by atoms with Crippen LogP contribution < -0.4 is 4.74 Å². The maximum absolute atomic E-state index is 12.9. The van der Waals surface area contributed by atoms with Crippen LogP contribution in [-0.4, -0.2) is 71.7 Å². The van der Waals surface area contributed by atoms with Gasteiger partial charge in [-0.2, -0.15) is 0 Å². The summed E-state index contributed by atoms with van der Waals surface area (Å²) in [4.78, 5) is 2.55. The molecule has 0 N–H and O–H groups in total. The Morgan fingerprint density at radius 1 is 1.33 bits per heavy atom. The summed E-state index contributed by atoms with van der Waals surface area (Å²) in [5.74, 6) is 0.744. The third-order valence-electron chi connectivity index (χ3n) is 4.50. The Morgan fingerprint density at radius 3 is 2.75 bits per heavy atom. The van der Waals surface area contributed by atoms with Crippen LogP contribution in [0.2, 0.25) is 0 Å². The van der Waals surface area contributed by atoms with Crippen LogP contribution in [0.5, 0.6) is 5.75 Å². The minimum Gasteiger partial charge on any atom is -0.495 e. The molecule has 1 aliphatic heterocycles. The second-order valence-electron chi connectivity index (χ2n) is 6.39. The van der Waals surface area contributed by atoms with Crippen molar-refractivity contribution < 1.29 is 17.9 Å². The first-order chi connectivity index (χ1) is 11.4. The molecule has 7 heteroatoms. The third kappa shape index (κ3) is 4.47. The molecule has 1 heterocycles. The molecule has 1 unspecified atom stereocenters. The molecule has 0 spiro atoms. The highest BCUT2D eigenvalue weighted by molar-refractivity contribution is 7.89. The molecule has 1 saturated heterocycles. The van der Waals surface area contributed by atoms with Gasteiger partial charge in [0.25, 0.3) is 0 Å². The maximum Gasteiger partial charge on any atom is 0.246 e. The average Bonchev–Trinajstić information content (AvgIpc) is 2.99. The smallest absolute Gasteiger partial charge is 0.246 e. The van der Waals surface area contributed by atoms with Crippen molar-refractivity contribution in [3.05, 3.63) is 23.8 Å². The number of benzene rings is 1. The Morgan fingerprint density at radius 2 is 2.08 bits per heavy atom. The lowest BCUT2D eigenvalue weighted by molar-refractivity contribution is 0.158. The van der Waals surface area contributed by atoms with Gasteiger partial charge in [-0.25, -0.2) is 12.7 Å². The summed E-state index contributed by atoms with van der Waals surface area (Å²) in [5.41, 5.74) is 0.970. The largest absolute Gasteiger partial charge is 0.495 e. The summed E-state index contributed by atoms with van der Waals surface area (Å²) in [7, 11) is 1.29. The van der Waals surface area contributed by atoms with E-state index in [0.29, 0.717) is 24.8 Å². The van der Waals surface area contributed by atoms with Crippen molar-refractivity contribution in [1.29, 1.82) is 0 Å². The van der Waals surface area contributed by atoms with E-state index in [4.69, 9.17) is 9.47 Å². The third-order valence-corrected chi connectivity index (χ3v) is 6.37. The number of aryl methyl sites for hydroxylation is 1. The normalized spacial score (nSPS) is 19.1. The number of hydrogen-bond acceptors (Lipinski definition) is 5. The van der Waals surface area contributed by atoms with Gasteiger partial charge in [-0.1, -0.05) is 6.07 Å². The first-order valence-electron chi connectivity index (χ1n) is 8.20. The second kappa shape index (κ2) is 8.29. The molecule has 1 aliphatic rings. The molecule has 1 atom stereocenters. The number of methoxy groups -OCH3 is 2. The molecule has 136 valence electrons.